The Balaban J connectivity index is 1.98. The Morgan fingerprint density at radius 3 is 2.72 bits per heavy atom. The molecule has 2 rings (SSSR count). The highest BCUT2D eigenvalue weighted by molar-refractivity contribution is 5.35. The zero-order valence-corrected chi connectivity index (χ0v) is 10.4. The van der Waals surface area contributed by atoms with E-state index in [9.17, 15) is 5.26 Å². The SMILES string of the molecule is CCn1ccc(NCC(C#N)c2ccccc2)n1. The zero-order chi connectivity index (χ0) is 12.8. The molecule has 0 saturated heterocycles. The first-order chi connectivity index (χ1) is 8.83. The van der Waals surface area contributed by atoms with Crippen LogP contribution in [0.2, 0.25) is 0 Å². The van der Waals surface area contributed by atoms with Gasteiger partial charge in [0.1, 0.15) is 5.82 Å². The molecule has 2 aromatic rings. The number of hydrogen-bond acceptors (Lipinski definition) is 3. The monoisotopic (exact) mass is 240 g/mol. The Morgan fingerprint density at radius 2 is 2.11 bits per heavy atom. The highest BCUT2D eigenvalue weighted by Crippen LogP contribution is 2.15. The van der Waals surface area contributed by atoms with E-state index < -0.39 is 0 Å². The third-order valence-electron chi connectivity index (χ3n) is 2.81. The molecule has 0 radical (unpaired) electrons. The lowest BCUT2D eigenvalue weighted by Crippen LogP contribution is -2.11. The summed E-state index contributed by atoms with van der Waals surface area (Å²) in [6.45, 7) is 3.46. The summed E-state index contributed by atoms with van der Waals surface area (Å²) in [4.78, 5) is 0. The normalized spacial score (nSPS) is 11.8. The first kappa shape index (κ1) is 12.2. The quantitative estimate of drug-likeness (QED) is 0.874. The topological polar surface area (TPSA) is 53.6 Å². The van der Waals surface area contributed by atoms with E-state index >= 15 is 0 Å². The van der Waals surface area contributed by atoms with Gasteiger partial charge in [0.2, 0.25) is 0 Å². The van der Waals surface area contributed by atoms with Gasteiger partial charge in [-0.15, -0.1) is 0 Å². The van der Waals surface area contributed by atoms with Crippen molar-refractivity contribution in [3.8, 4) is 6.07 Å². The molecule has 4 nitrogen and oxygen atoms in total. The van der Waals surface area contributed by atoms with Crippen molar-refractivity contribution in [2.75, 3.05) is 11.9 Å². The van der Waals surface area contributed by atoms with Crippen LogP contribution in [0, 0.1) is 11.3 Å². The smallest absolute Gasteiger partial charge is 0.148 e. The summed E-state index contributed by atoms with van der Waals surface area (Å²) in [6, 6.07) is 14.0. The van der Waals surface area contributed by atoms with Gasteiger partial charge in [-0.05, 0) is 12.5 Å². The van der Waals surface area contributed by atoms with Crippen LogP contribution in [0.25, 0.3) is 0 Å². The van der Waals surface area contributed by atoms with Crippen molar-refractivity contribution in [2.45, 2.75) is 19.4 Å². The Morgan fingerprint density at radius 1 is 1.33 bits per heavy atom. The molecule has 0 saturated carbocycles. The van der Waals surface area contributed by atoms with E-state index in [1.807, 2.05) is 54.2 Å². The molecule has 1 aromatic heterocycles. The molecule has 0 aliphatic heterocycles. The molecular formula is C14H16N4. The second-order valence-corrected chi connectivity index (χ2v) is 4.03. The van der Waals surface area contributed by atoms with E-state index in [0.29, 0.717) is 6.54 Å². The molecule has 18 heavy (non-hydrogen) atoms. The molecule has 0 amide bonds. The van der Waals surface area contributed by atoms with Gasteiger partial charge in [0, 0.05) is 25.4 Å². The van der Waals surface area contributed by atoms with Crippen molar-refractivity contribution in [1.29, 1.82) is 5.26 Å². The highest BCUT2D eigenvalue weighted by atomic mass is 15.3. The second-order valence-electron chi connectivity index (χ2n) is 4.03. The molecule has 0 spiro atoms. The fourth-order valence-electron chi connectivity index (χ4n) is 1.76. The van der Waals surface area contributed by atoms with E-state index in [4.69, 9.17) is 0 Å². The number of hydrogen-bond donors (Lipinski definition) is 1. The van der Waals surface area contributed by atoms with Gasteiger partial charge in [-0.3, -0.25) is 4.68 Å². The molecule has 1 aromatic carbocycles. The number of aromatic nitrogens is 2. The van der Waals surface area contributed by atoms with Crippen molar-refractivity contribution in [3.63, 3.8) is 0 Å². The fraction of sp³-hybridized carbons (Fsp3) is 0.286. The van der Waals surface area contributed by atoms with E-state index in [-0.39, 0.29) is 5.92 Å². The Labute approximate surface area is 107 Å². The summed E-state index contributed by atoms with van der Waals surface area (Å²) in [5.41, 5.74) is 1.03. The molecule has 1 unspecified atom stereocenters. The molecule has 0 aliphatic rings. The predicted molar refractivity (Wildman–Crippen MR) is 71.2 cm³/mol. The van der Waals surface area contributed by atoms with Crippen LogP contribution in [0.15, 0.2) is 42.6 Å². The maximum Gasteiger partial charge on any atom is 0.148 e. The highest BCUT2D eigenvalue weighted by Gasteiger charge is 2.10. The van der Waals surface area contributed by atoms with E-state index in [1.54, 1.807) is 0 Å². The van der Waals surface area contributed by atoms with Gasteiger partial charge in [-0.2, -0.15) is 10.4 Å². The number of anilines is 1. The summed E-state index contributed by atoms with van der Waals surface area (Å²) >= 11 is 0. The van der Waals surface area contributed by atoms with Crippen molar-refractivity contribution in [2.24, 2.45) is 0 Å². The van der Waals surface area contributed by atoms with Crippen LogP contribution in [0.5, 0.6) is 0 Å². The third kappa shape index (κ3) is 2.89. The summed E-state index contributed by atoms with van der Waals surface area (Å²) in [6.07, 6.45) is 1.92. The minimum atomic E-state index is -0.155. The molecule has 0 fully saturated rings. The maximum absolute atomic E-state index is 9.19. The van der Waals surface area contributed by atoms with Crippen molar-refractivity contribution >= 4 is 5.82 Å². The lowest BCUT2D eigenvalue weighted by atomic mass is 10.0. The minimum Gasteiger partial charge on any atom is -0.367 e. The second kappa shape index (κ2) is 5.87. The Bertz CT molecular complexity index is 524. The van der Waals surface area contributed by atoms with Gasteiger partial charge in [-0.1, -0.05) is 30.3 Å². The van der Waals surface area contributed by atoms with E-state index in [1.165, 1.54) is 0 Å². The van der Waals surface area contributed by atoms with Gasteiger partial charge in [0.25, 0.3) is 0 Å². The van der Waals surface area contributed by atoms with Gasteiger partial charge in [0.15, 0.2) is 0 Å². The van der Waals surface area contributed by atoms with Crippen LogP contribution < -0.4 is 5.32 Å². The lowest BCUT2D eigenvalue weighted by molar-refractivity contribution is 0.660. The molecule has 1 heterocycles. The minimum absolute atomic E-state index is 0.155. The van der Waals surface area contributed by atoms with Gasteiger partial charge in [0.05, 0.1) is 12.0 Å². The third-order valence-corrected chi connectivity index (χ3v) is 2.81. The van der Waals surface area contributed by atoms with Crippen molar-refractivity contribution in [3.05, 3.63) is 48.2 Å². The first-order valence-corrected chi connectivity index (χ1v) is 6.05. The number of nitrogens with zero attached hydrogens (tertiary/aromatic N) is 3. The van der Waals surface area contributed by atoms with Gasteiger partial charge < -0.3 is 5.32 Å². The molecule has 92 valence electrons. The van der Waals surface area contributed by atoms with Crippen molar-refractivity contribution in [1.82, 2.24) is 9.78 Å². The summed E-state index contributed by atoms with van der Waals surface area (Å²) in [5, 5.41) is 16.7. The van der Waals surface area contributed by atoms with Crippen LogP contribution in [0.3, 0.4) is 0 Å². The summed E-state index contributed by atoms with van der Waals surface area (Å²) in [5.74, 6) is 0.658. The van der Waals surface area contributed by atoms with Crippen LogP contribution >= 0.6 is 0 Å². The summed E-state index contributed by atoms with van der Waals surface area (Å²) in [7, 11) is 0. The molecule has 1 N–H and O–H groups in total. The molecular weight excluding hydrogens is 224 g/mol. The largest absolute Gasteiger partial charge is 0.367 e. The van der Waals surface area contributed by atoms with Crippen LogP contribution in [-0.4, -0.2) is 16.3 Å². The molecule has 0 bridgehead atoms. The number of benzene rings is 1. The van der Waals surface area contributed by atoms with E-state index in [0.717, 1.165) is 17.9 Å². The number of nitriles is 1. The van der Waals surface area contributed by atoms with Crippen LogP contribution in [-0.2, 0) is 6.54 Å². The van der Waals surface area contributed by atoms with Gasteiger partial charge in [-0.25, -0.2) is 0 Å². The van der Waals surface area contributed by atoms with Crippen molar-refractivity contribution < 1.29 is 0 Å². The maximum atomic E-state index is 9.19. The number of aryl methyl sites for hydroxylation is 1. The fourth-order valence-corrected chi connectivity index (χ4v) is 1.76. The van der Waals surface area contributed by atoms with Gasteiger partial charge >= 0.3 is 0 Å². The average molecular weight is 240 g/mol. The van der Waals surface area contributed by atoms with E-state index in [2.05, 4.69) is 16.5 Å². The Hall–Kier alpha value is -2.28. The molecule has 4 heteroatoms. The molecule has 1 atom stereocenters. The Kier molecular flexibility index (Phi) is 3.98. The number of rotatable bonds is 5. The zero-order valence-electron chi connectivity index (χ0n) is 10.4. The first-order valence-electron chi connectivity index (χ1n) is 6.05. The van der Waals surface area contributed by atoms with Crippen LogP contribution in [0.1, 0.15) is 18.4 Å². The van der Waals surface area contributed by atoms with Crippen LogP contribution in [0.4, 0.5) is 5.82 Å². The molecule has 0 aliphatic carbocycles. The number of nitrogens with one attached hydrogen (secondary N) is 1. The summed E-state index contributed by atoms with van der Waals surface area (Å²) < 4.78 is 1.85. The lowest BCUT2D eigenvalue weighted by Gasteiger charge is -2.09. The predicted octanol–water partition coefficient (Wildman–Crippen LogP) is 2.62. The standard InChI is InChI=1S/C14H16N4/c1-2-18-9-8-14(17-18)16-11-13(10-15)12-6-4-3-5-7-12/h3-9,13H,2,11H2,1H3,(H,16,17). The average Bonchev–Trinajstić information content (AvgIpc) is 2.89.